The molecule has 1 aliphatic rings. The lowest BCUT2D eigenvalue weighted by molar-refractivity contribution is -0.233. The molecule has 0 saturated carbocycles. The number of amides is 1. The van der Waals surface area contributed by atoms with Gasteiger partial charge in [0.2, 0.25) is 5.91 Å². The summed E-state index contributed by atoms with van der Waals surface area (Å²) in [5.41, 5.74) is -2.44. The van der Waals surface area contributed by atoms with E-state index in [1.807, 2.05) is 0 Å². The van der Waals surface area contributed by atoms with Crippen LogP contribution in [-0.4, -0.2) is 49.6 Å². The third kappa shape index (κ3) is 3.55. The fourth-order valence-corrected chi connectivity index (χ4v) is 2.28. The van der Waals surface area contributed by atoms with Gasteiger partial charge in [0.05, 0.1) is 6.54 Å². The fourth-order valence-electron chi connectivity index (χ4n) is 2.28. The molecule has 1 heterocycles. The third-order valence-corrected chi connectivity index (χ3v) is 3.42. The van der Waals surface area contributed by atoms with Crippen LogP contribution < -0.4 is 5.32 Å². The first kappa shape index (κ1) is 16.1. The fraction of sp³-hybridized carbons (Fsp3) is 0.909. The normalized spacial score (nSPS) is 20.6. The number of halogens is 5. The quantitative estimate of drug-likeness (QED) is 0.803. The van der Waals surface area contributed by atoms with Gasteiger partial charge in [0.25, 0.3) is 6.43 Å². The molecule has 112 valence electrons. The van der Waals surface area contributed by atoms with Crippen molar-refractivity contribution in [2.24, 2.45) is 5.41 Å². The second kappa shape index (κ2) is 6.02. The van der Waals surface area contributed by atoms with Gasteiger partial charge < -0.3 is 5.32 Å². The zero-order valence-corrected chi connectivity index (χ0v) is 10.6. The van der Waals surface area contributed by atoms with Crippen LogP contribution in [0.3, 0.4) is 0 Å². The topological polar surface area (TPSA) is 32.3 Å². The van der Waals surface area contributed by atoms with Gasteiger partial charge in [-0.2, -0.15) is 13.2 Å². The van der Waals surface area contributed by atoms with Crippen molar-refractivity contribution in [1.82, 2.24) is 10.2 Å². The molecule has 1 N–H and O–H groups in total. The van der Waals surface area contributed by atoms with Gasteiger partial charge in [0, 0.05) is 6.54 Å². The highest BCUT2D eigenvalue weighted by molar-refractivity contribution is 5.83. The maximum atomic E-state index is 13.1. The van der Waals surface area contributed by atoms with Gasteiger partial charge in [-0.15, -0.1) is 0 Å². The Morgan fingerprint density at radius 1 is 1.32 bits per heavy atom. The summed E-state index contributed by atoms with van der Waals surface area (Å²) in [5.74, 6) is -1.06. The van der Waals surface area contributed by atoms with Gasteiger partial charge in [-0.1, -0.05) is 0 Å². The lowest BCUT2D eigenvalue weighted by Crippen LogP contribution is -2.56. The molecule has 0 spiro atoms. The Balaban J connectivity index is 2.79. The number of hydrogen-bond acceptors (Lipinski definition) is 2. The number of carbonyl (C=O) groups excluding carboxylic acids is 1. The minimum atomic E-state index is -4.66. The molecule has 1 aliphatic heterocycles. The molecular weight excluding hydrogens is 271 g/mol. The summed E-state index contributed by atoms with van der Waals surface area (Å²) >= 11 is 0. The number of carbonyl (C=O) groups is 1. The molecule has 8 heteroatoms. The molecule has 1 rings (SSSR count). The van der Waals surface area contributed by atoms with Crippen LogP contribution in [-0.2, 0) is 4.79 Å². The molecule has 1 saturated heterocycles. The second-order valence-electron chi connectivity index (χ2n) is 4.63. The van der Waals surface area contributed by atoms with Crippen LogP contribution in [0.2, 0.25) is 0 Å². The van der Waals surface area contributed by atoms with Gasteiger partial charge in [-0.25, -0.2) is 8.78 Å². The van der Waals surface area contributed by atoms with E-state index in [-0.39, 0.29) is 19.6 Å². The van der Waals surface area contributed by atoms with Gasteiger partial charge in [0.15, 0.2) is 0 Å². The Morgan fingerprint density at radius 2 is 1.84 bits per heavy atom. The summed E-state index contributed by atoms with van der Waals surface area (Å²) in [7, 11) is 0. The molecule has 0 aromatic heterocycles. The number of nitrogens with one attached hydrogen (secondary N) is 1. The lowest BCUT2D eigenvalue weighted by Gasteiger charge is -2.41. The van der Waals surface area contributed by atoms with Crippen molar-refractivity contribution in [2.75, 3.05) is 26.2 Å². The average molecular weight is 288 g/mol. The lowest BCUT2D eigenvalue weighted by atomic mass is 9.76. The number of piperidine rings is 1. The molecule has 0 radical (unpaired) electrons. The molecule has 1 amide bonds. The highest BCUT2D eigenvalue weighted by Gasteiger charge is 2.60. The molecule has 1 fully saturated rings. The summed E-state index contributed by atoms with van der Waals surface area (Å²) in [6, 6.07) is 0. The SMILES string of the molecule is CCNC(=O)C1(C(F)(F)F)CCN(CC(F)F)CC1. The van der Waals surface area contributed by atoms with Gasteiger partial charge in [-0.3, -0.25) is 9.69 Å². The van der Waals surface area contributed by atoms with E-state index in [9.17, 15) is 26.7 Å². The molecule has 0 aliphatic carbocycles. The van der Waals surface area contributed by atoms with Crippen LogP contribution in [0.4, 0.5) is 22.0 Å². The average Bonchev–Trinajstić information content (AvgIpc) is 2.28. The van der Waals surface area contributed by atoms with Crippen molar-refractivity contribution in [1.29, 1.82) is 0 Å². The minimum absolute atomic E-state index is 0.109. The van der Waals surface area contributed by atoms with E-state index >= 15 is 0 Å². The Kier molecular flexibility index (Phi) is 5.11. The Hall–Kier alpha value is -0.920. The van der Waals surface area contributed by atoms with Gasteiger partial charge in [0.1, 0.15) is 5.41 Å². The van der Waals surface area contributed by atoms with E-state index in [0.717, 1.165) is 0 Å². The monoisotopic (exact) mass is 288 g/mol. The smallest absolute Gasteiger partial charge is 0.356 e. The molecule has 19 heavy (non-hydrogen) atoms. The molecule has 0 unspecified atom stereocenters. The molecule has 3 nitrogen and oxygen atoms in total. The highest BCUT2D eigenvalue weighted by atomic mass is 19.4. The van der Waals surface area contributed by atoms with Crippen molar-refractivity contribution in [2.45, 2.75) is 32.4 Å². The molecule has 0 aromatic rings. The molecule has 0 atom stereocenters. The Labute approximate surface area is 108 Å². The van der Waals surface area contributed by atoms with Crippen LogP contribution in [0.25, 0.3) is 0 Å². The first-order chi connectivity index (χ1) is 8.73. The van der Waals surface area contributed by atoms with E-state index in [1.165, 1.54) is 11.8 Å². The molecular formula is C11H17F5N2O. The van der Waals surface area contributed by atoms with Crippen LogP contribution in [0.1, 0.15) is 19.8 Å². The summed E-state index contributed by atoms with van der Waals surface area (Å²) < 4.78 is 63.8. The summed E-state index contributed by atoms with van der Waals surface area (Å²) in [6.45, 7) is 0.788. The standard InChI is InChI=1S/C11H17F5N2O/c1-2-17-9(19)10(11(14,15)16)3-5-18(6-4-10)7-8(12)13/h8H,2-7H2,1H3,(H,17,19). The number of rotatable bonds is 4. The number of alkyl halides is 5. The second-order valence-corrected chi connectivity index (χ2v) is 4.63. The predicted octanol–water partition coefficient (Wildman–Crippen LogP) is 2.03. The van der Waals surface area contributed by atoms with E-state index in [2.05, 4.69) is 5.32 Å². The van der Waals surface area contributed by atoms with Crippen molar-refractivity contribution >= 4 is 5.91 Å². The van der Waals surface area contributed by atoms with Crippen LogP contribution in [0.5, 0.6) is 0 Å². The van der Waals surface area contributed by atoms with E-state index in [1.54, 1.807) is 0 Å². The van der Waals surface area contributed by atoms with Crippen LogP contribution in [0, 0.1) is 5.41 Å². The van der Waals surface area contributed by atoms with E-state index in [0.29, 0.717) is 0 Å². The Morgan fingerprint density at radius 3 is 2.21 bits per heavy atom. The maximum absolute atomic E-state index is 13.1. The first-order valence-electron chi connectivity index (χ1n) is 6.08. The van der Waals surface area contributed by atoms with Crippen molar-refractivity contribution in [3.05, 3.63) is 0 Å². The summed E-state index contributed by atoms with van der Waals surface area (Å²) in [5, 5.41) is 2.19. The summed E-state index contributed by atoms with van der Waals surface area (Å²) in [4.78, 5) is 13.0. The maximum Gasteiger partial charge on any atom is 0.403 e. The third-order valence-electron chi connectivity index (χ3n) is 3.42. The van der Waals surface area contributed by atoms with Crippen LogP contribution >= 0.6 is 0 Å². The van der Waals surface area contributed by atoms with Crippen LogP contribution in [0.15, 0.2) is 0 Å². The largest absolute Gasteiger partial charge is 0.403 e. The van der Waals surface area contributed by atoms with E-state index < -0.39 is 43.3 Å². The van der Waals surface area contributed by atoms with Crippen molar-refractivity contribution in [3.63, 3.8) is 0 Å². The number of nitrogens with zero attached hydrogens (tertiary/aromatic N) is 1. The zero-order valence-electron chi connectivity index (χ0n) is 10.6. The predicted molar refractivity (Wildman–Crippen MR) is 58.8 cm³/mol. The first-order valence-corrected chi connectivity index (χ1v) is 6.08. The van der Waals surface area contributed by atoms with Gasteiger partial charge >= 0.3 is 6.18 Å². The van der Waals surface area contributed by atoms with Crippen molar-refractivity contribution in [3.8, 4) is 0 Å². The minimum Gasteiger partial charge on any atom is -0.356 e. The highest BCUT2D eigenvalue weighted by Crippen LogP contribution is 2.46. The number of likely N-dealkylation sites (tertiary alicyclic amines) is 1. The Bertz CT molecular complexity index is 311. The molecule has 0 aromatic carbocycles. The number of hydrogen-bond donors (Lipinski definition) is 1. The van der Waals surface area contributed by atoms with E-state index in [4.69, 9.17) is 0 Å². The van der Waals surface area contributed by atoms with Gasteiger partial charge in [-0.05, 0) is 32.9 Å². The summed E-state index contributed by atoms with van der Waals surface area (Å²) in [6.07, 6.45) is -8.20. The van der Waals surface area contributed by atoms with Crippen molar-refractivity contribution < 1.29 is 26.7 Å². The zero-order chi connectivity index (χ0) is 14.7. The molecule has 0 bridgehead atoms.